The van der Waals surface area contributed by atoms with Crippen LogP contribution in [0.2, 0.25) is 0 Å². The highest BCUT2D eigenvalue weighted by molar-refractivity contribution is 7.26. The van der Waals surface area contributed by atoms with Gasteiger partial charge >= 0.3 is 0 Å². The summed E-state index contributed by atoms with van der Waals surface area (Å²) < 4.78 is 21.3. The SMILES string of the molecule is c1ccc2c(c1)Oc1cccc3nc(-c4ccc5oc6cc7c(cc6c5c4)sc4cc5c(cc47)oc4ccccc45)nc-2c13. The zero-order valence-corrected chi connectivity index (χ0v) is 23.7. The molecule has 0 aliphatic carbocycles. The molecule has 0 unspecified atom stereocenters. The molecule has 0 fully saturated rings. The Balaban J connectivity index is 1.12. The highest BCUT2D eigenvalue weighted by Gasteiger charge is 2.23. The van der Waals surface area contributed by atoms with Crippen molar-refractivity contribution in [1.29, 1.82) is 0 Å². The van der Waals surface area contributed by atoms with Crippen LogP contribution in [0.1, 0.15) is 0 Å². The van der Waals surface area contributed by atoms with Crippen LogP contribution in [0, 0.1) is 0 Å². The van der Waals surface area contributed by atoms with E-state index in [1.165, 1.54) is 20.2 Å². The lowest BCUT2D eigenvalue weighted by Gasteiger charge is -2.20. The van der Waals surface area contributed by atoms with E-state index >= 15 is 0 Å². The van der Waals surface area contributed by atoms with Crippen molar-refractivity contribution in [2.24, 2.45) is 0 Å². The van der Waals surface area contributed by atoms with Gasteiger partial charge in [-0.2, -0.15) is 0 Å². The first kappa shape index (κ1) is 22.8. The number of ether oxygens (including phenoxy) is 1. The van der Waals surface area contributed by atoms with E-state index < -0.39 is 0 Å². The number of hydrogen-bond acceptors (Lipinski definition) is 6. The largest absolute Gasteiger partial charge is 0.456 e. The maximum atomic E-state index is 6.42. The number of aromatic nitrogens is 2. The molecule has 0 amide bonds. The smallest absolute Gasteiger partial charge is 0.160 e. The van der Waals surface area contributed by atoms with Gasteiger partial charge in [0.15, 0.2) is 5.82 Å². The number of fused-ring (bicyclic) bond motifs is 11. The summed E-state index contributed by atoms with van der Waals surface area (Å²) in [6.07, 6.45) is 0. The summed E-state index contributed by atoms with van der Waals surface area (Å²) in [6.45, 7) is 0. The van der Waals surface area contributed by atoms with Crippen molar-refractivity contribution in [1.82, 2.24) is 9.97 Å². The van der Waals surface area contributed by atoms with Crippen LogP contribution >= 0.6 is 11.3 Å². The zero-order chi connectivity index (χ0) is 28.5. The standard InChI is InChI=1S/C38H18N2O3S/c1-3-9-28-20(6-1)23-17-34-25(15-32(23)42-28)26-16-33-24(18-35(26)44-34)22-14-19(12-13-30(22)43-33)38-39-27-8-5-11-31-36(27)37(40-38)21-7-2-4-10-29(21)41-31/h1-18H. The lowest BCUT2D eigenvalue weighted by Crippen LogP contribution is -2.02. The molecule has 0 saturated heterocycles. The predicted octanol–water partition coefficient (Wildman–Crippen LogP) is 11.2. The molecule has 0 spiro atoms. The van der Waals surface area contributed by atoms with E-state index in [0.29, 0.717) is 5.82 Å². The normalized spacial score (nSPS) is 12.7. The molecular formula is C38H18N2O3S. The Morgan fingerprint density at radius 1 is 0.500 bits per heavy atom. The Morgan fingerprint density at radius 2 is 1.20 bits per heavy atom. The van der Waals surface area contributed by atoms with E-state index in [4.69, 9.17) is 23.5 Å². The van der Waals surface area contributed by atoms with E-state index in [9.17, 15) is 0 Å². The summed E-state index contributed by atoms with van der Waals surface area (Å²) in [5.41, 5.74) is 7.19. The maximum absolute atomic E-state index is 6.42. The second-order valence-electron chi connectivity index (χ2n) is 11.3. The number of nitrogens with zero attached hydrogens (tertiary/aromatic N) is 2. The van der Waals surface area contributed by atoms with E-state index in [1.807, 2.05) is 60.7 Å². The highest BCUT2D eigenvalue weighted by Crippen LogP contribution is 2.46. The van der Waals surface area contributed by atoms with Gasteiger partial charge in [0.25, 0.3) is 0 Å². The van der Waals surface area contributed by atoms with Crippen molar-refractivity contribution in [3.05, 3.63) is 109 Å². The van der Waals surface area contributed by atoms with Gasteiger partial charge in [-0.05, 0) is 72.8 Å². The fraction of sp³-hybridized carbons (Fsp3) is 0. The Kier molecular flexibility index (Phi) is 4.15. The predicted molar refractivity (Wildman–Crippen MR) is 178 cm³/mol. The fourth-order valence-corrected chi connectivity index (χ4v) is 7.98. The molecule has 5 nitrogen and oxygen atoms in total. The molecule has 0 saturated carbocycles. The lowest BCUT2D eigenvalue weighted by molar-refractivity contribution is 0.486. The van der Waals surface area contributed by atoms with E-state index in [2.05, 4.69) is 48.5 Å². The van der Waals surface area contributed by atoms with Crippen molar-refractivity contribution in [2.75, 3.05) is 0 Å². The van der Waals surface area contributed by atoms with Gasteiger partial charge in [-0.1, -0.05) is 36.4 Å². The van der Waals surface area contributed by atoms with Crippen LogP contribution in [0.5, 0.6) is 11.5 Å². The minimum absolute atomic E-state index is 0.676. The van der Waals surface area contributed by atoms with Crippen LogP contribution in [0.15, 0.2) is 118 Å². The number of hydrogen-bond donors (Lipinski definition) is 0. The number of benzene rings is 6. The summed E-state index contributed by atoms with van der Waals surface area (Å²) >= 11 is 1.80. The molecule has 6 heteroatoms. The minimum Gasteiger partial charge on any atom is -0.456 e. The lowest BCUT2D eigenvalue weighted by atomic mass is 10.0. The van der Waals surface area contributed by atoms with Crippen LogP contribution in [-0.2, 0) is 0 Å². The molecular weight excluding hydrogens is 564 g/mol. The first-order valence-electron chi connectivity index (χ1n) is 14.5. The van der Waals surface area contributed by atoms with Crippen molar-refractivity contribution in [2.45, 2.75) is 0 Å². The van der Waals surface area contributed by atoms with Gasteiger partial charge in [0.2, 0.25) is 0 Å². The molecule has 4 aromatic heterocycles. The number of para-hydroxylation sites is 2. The van der Waals surface area contributed by atoms with Gasteiger partial charge in [-0.15, -0.1) is 11.3 Å². The average Bonchev–Trinajstić information content (AvgIpc) is 3.72. The van der Waals surface area contributed by atoms with E-state index in [-0.39, 0.29) is 0 Å². The van der Waals surface area contributed by atoms with Crippen LogP contribution in [0.25, 0.3) is 97.6 Å². The molecule has 10 aromatic rings. The monoisotopic (exact) mass is 582 g/mol. The third kappa shape index (κ3) is 2.97. The molecule has 0 N–H and O–H groups in total. The molecule has 11 rings (SSSR count). The second-order valence-corrected chi connectivity index (χ2v) is 12.4. The van der Waals surface area contributed by atoms with Crippen molar-refractivity contribution < 1.29 is 13.6 Å². The molecule has 1 aliphatic rings. The first-order valence-corrected chi connectivity index (χ1v) is 15.3. The van der Waals surface area contributed by atoms with Crippen molar-refractivity contribution >= 4 is 86.3 Å². The molecule has 5 heterocycles. The Hall–Kier alpha value is -5.72. The van der Waals surface area contributed by atoms with Crippen LogP contribution in [0.3, 0.4) is 0 Å². The number of furan rings is 2. The maximum Gasteiger partial charge on any atom is 0.160 e. The van der Waals surface area contributed by atoms with E-state index in [0.717, 1.165) is 83.1 Å². The first-order chi connectivity index (χ1) is 21.7. The van der Waals surface area contributed by atoms with E-state index in [1.54, 1.807) is 11.3 Å². The molecule has 1 aliphatic heterocycles. The summed E-state index contributed by atoms with van der Waals surface area (Å²) in [5.74, 6) is 2.27. The van der Waals surface area contributed by atoms with Gasteiger partial charge in [-0.25, -0.2) is 9.97 Å². The second kappa shape index (κ2) is 8.01. The zero-order valence-electron chi connectivity index (χ0n) is 22.9. The van der Waals surface area contributed by atoms with Crippen molar-refractivity contribution in [3.8, 4) is 34.1 Å². The third-order valence-electron chi connectivity index (χ3n) is 8.87. The molecule has 0 atom stereocenters. The number of rotatable bonds is 1. The summed E-state index contributed by atoms with van der Waals surface area (Å²) in [4.78, 5) is 10.1. The average molecular weight is 583 g/mol. The van der Waals surface area contributed by atoms with Gasteiger partial charge in [0.1, 0.15) is 33.8 Å². The Bertz CT molecular complexity index is 2880. The van der Waals surface area contributed by atoms with Gasteiger partial charge < -0.3 is 13.6 Å². The molecule has 0 radical (unpaired) electrons. The summed E-state index contributed by atoms with van der Waals surface area (Å²) in [5, 5.41) is 7.72. The third-order valence-corrected chi connectivity index (χ3v) is 9.98. The summed E-state index contributed by atoms with van der Waals surface area (Å²) in [7, 11) is 0. The minimum atomic E-state index is 0.676. The topological polar surface area (TPSA) is 61.3 Å². The summed E-state index contributed by atoms with van der Waals surface area (Å²) in [6, 6.07) is 37.3. The molecule has 6 aromatic carbocycles. The van der Waals surface area contributed by atoms with Gasteiger partial charge in [0.05, 0.1) is 16.6 Å². The van der Waals surface area contributed by atoms with Crippen LogP contribution in [-0.4, -0.2) is 9.97 Å². The van der Waals surface area contributed by atoms with Gasteiger partial charge in [0, 0.05) is 52.8 Å². The van der Waals surface area contributed by atoms with Crippen molar-refractivity contribution in [3.63, 3.8) is 0 Å². The molecule has 44 heavy (non-hydrogen) atoms. The van der Waals surface area contributed by atoms with Crippen LogP contribution in [0.4, 0.5) is 0 Å². The quantitative estimate of drug-likeness (QED) is 0.193. The van der Waals surface area contributed by atoms with Gasteiger partial charge in [-0.3, -0.25) is 0 Å². The number of thiophene rings is 1. The Morgan fingerprint density at radius 3 is 2.07 bits per heavy atom. The molecule has 0 bridgehead atoms. The van der Waals surface area contributed by atoms with Crippen LogP contribution < -0.4 is 4.74 Å². The Labute approximate surface area is 252 Å². The highest BCUT2D eigenvalue weighted by atomic mass is 32.1. The molecule has 204 valence electrons. The fourth-order valence-electron chi connectivity index (χ4n) is 6.83.